The molecular weight excluding hydrogens is 216 g/mol. The molecule has 1 aliphatic rings. The fraction of sp³-hybridized carbons (Fsp3) is 0.909. The molecule has 1 aliphatic carbocycles. The Hall–Kier alpha value is -0.870. The Bertz CT molecular complexity index is 251. The van der Waals surface area contributed by atoms with Crippen molar-refractivity contribution in [3.63, 3.8) is 0 Å². The Kier molecular flexibility index (Phi) is 4.10. The Morgan fingerprint density at radius 1 is 1.44 bits per heavy atom. The minimum atomic E-state index is -2.28. The van der Waals surface area contributed by atoms with Crippen LogP contribution in [0.2, 0.25) is 0 Å². The van der Waals surface area contributed by atoms with Crippen molar-refractivity contribution in [3.8, 4) is 0 Å². The molecule has 0 saturated heterocycles. The first kappa shape index (κ1) is 13.2. The van der Waals surface area contributed by atoms with Crippen molar-refractivity contribution in [2.24, 2.45) is 11.8 Å². The molecule has 16 heavy (non-hydrogen) atoms. The Labute approximate surface area is 94.5 Å². The SMILES string of the molecule is CC(C)(C)OC(=O)NCC1CCC1C(F)F. The van der Waals surface area contributed by atoms with Crippen LogP contribution in [0.1, 0.15) is 33.6 Å². The highest BCUT2D eigenvalue weighted by atomic mass is 19.3. The minimum Gasteiger partial charge on any atom is -0.444 e. The van der Waals surface area contributed by atoms with Crippen LogP contribution >= 0.6 is 0 Å². The molecule has 0 aromatic rings. The van der Waals surface area contributed by atoms with Gasteiger partial charge in [-0.2, -0.15) is 0 Å². The number of nitrogens with one attached hydrogen (secondary N) is 1. The van der Waals surface area contributed by atoms with Gasteiger partial charge in [-0.05, 0) is 39.5 Å². The van der Waals surface area contributed by atoms with Gasteiger partial charge in [-0.15, -0.1) is 0 Å². The van der Waals surface area contributed by atoms with Gasteiger partial charge in [0.15, 0.2) is 0 Å². The highest BCUT2D eigenvalue weighted by Gasteiger charge is 2.37. The quantitative estimate of drug-likeness (QED) is 0.816. The number of carbonyl (C=O) groups excluding carboxylic acids is 1. The highest BCUT2D eigenvalue weighted by molar-refractivity contribution is 5.67. The number of hydrogen-bond donors (Lipinski definition) is 1. The van der Waals surface area contributed by atoms with Crippen LogP contribution in [0.5, 0.6) is 0 Å². The van der Waals surface area contributed by atoms with Gasteiger partial charge in [-0.3, -0.25) is 0 Å². The van der Waals surface area contributed by atoms with Gasteiger partial charge in [-0.1, -0.05) is 0 Å². The molecule has 0 heterocycles. The van der Waals surface area contributed by atoms with E-state index in [-0.39, 0.29) is 12.5 Å². The smallest absolute Gasteiger partial charge is 0.407 e. The van der Waals surface area contributed by atoms with Crippen molar-refractivity contribution in [2.75, 3.05) is 6.54 Å². The topological polar surface area (TPSA) is 38.3 Å². The van der Waals surface area contributed by atoms with Gasteiger partial charge in [-0.25, -0.2) is 13.6 Å². The van der Waals surface area contributed by atoms with Crippen LogP contribution < -0.4 is 5.32 Å². The first-order valence-corrected chi connectivity index (χ1v) is 5.54. The van der Waals surface area contributed by atoms with E-state index < -0.39 is 24.0 Å². The van der Waals surface area contributed by atoms with Crippen molar-refractivity contribution in [1.82, 2.24) is 5.32 Å². The molecule has 0 bridgehead atoms. The van der Waals surface area contributed by atoms with Gasteiger partial charge in [0.2, 0.25) is 6.43 Å². The first-order valence-electron chi connectivity index (χ1n) is 5.54. The number of ether oxygens (including phenoxy) is 1. The van der Waals surface area contributed by atoms with Crippen LogP contribution in [-0.2, 0) is 4.74 Å². The zero-order valence-electron chi connectivity index (χ0n) is 9.93. The summed E-state index contributed by atoms with van der Waals surface area (Å²) in [5.41, 5.74) is -0.550. The largest absolute Gasteiger partial charge is 0.444 e. The number of amides is 1. The van der Waals surface area contributed by atoms with Crippen LogP contribution in [0.15, 0.2) is 0 Å². The standard InChI is InChI=1S/C11H19F2NO2/c1-11(2,3)16-10(15)14-6-7-4-5-8(7)9(12)13/h7-9H,4-6H2,1-3H3,(H,14,15). The van der Waals surface area contributed by atoms with E-state index in [9.17, 15) is 13.6 Å². The third-order valence-corrected chi connectivity index (χ3v) is 2.71. The van der Waals surface area contributed by atoms with Crippen LogP contribution in [-0.4, -0.2) is 24.7 Å². The second kappa shape index (κ2) is 4.97. The lowest BCUT2D eigenvalue weighted by Crippen LogP contribution is -2.42. The van der Waals surface area contributed by atoms with Crippen molar-refractivity contribution in [2.45, 2.75) is 45.6 Å². The maximum Gasteiger partial charge on any atom is 0.407 e. The molecule has 0 aliphatic heterocycles. The number of rotatable bonds is 3. The number of halogens is 2. The zero-order valence-corrected chi connectivity index (χ0v) is 9.93. The molecule has 1 rings (SSSR count). The monoisotopic (exact) mass is 235 g/mol. The predicted molar refractivity (Wildman–Crippen MR) is 56.5 cm³/mol. The van der Waals surface area contributed by atoms with Crippen LogP contribution in [0, 0.1) is 11.8 Å². The van der Waals surface area contributed by atoms with E-state index in [4.69, 9.17) is 4.74 Å². The Balaban J connectivity index is 2.23. The van der Waals surface area contributed by atoms with Crippen molar-refractivity contribution in [1.29, 1.82) is 0 Å². The Morgan fingerprint density at radius 2 is 2.06 bits per heavy atom. The summed E-state index contributed by atoms with van der Waals surface area (Å²) in [6.07, 6.45) is -1.50. The van der Waals surface area contributed by atoms with Gasteiger partial charge >= 0.3 is 6.09 Å². The Morgan fingerprint density at radius 3 is 2.44 bits per heavy atom. The summed E-state index contributed by atoms with van der Waals surface area (Å²) >= 11 is 0. The molecule has 0 spiro atoms. The van der Waals surface area contributed by atoms with Crippen molar-refractivity contribution in [3.05, 3.63) is 0 Å². The molecule has 0 radical (unpaired) electrons. The van der Waals surface area contributed by atoms with Gasteiger partial charge in [0.1, 0.15) is 5.60 Å². The molecule has 1 saturated carbocycles. The summed E-state index contributed by atoms with van der Waals surface area (Å²) in [5.74, 6) is -0.664. The van der Waals surface area contributed by atoms with Crippen molar-refractivity contribution >= 4 is 6.09 Å². The van der Waals surface area contributed by atoms with E-state index in [0.717, 1.165) is 6.42 Å². The van der Waals surface area contributed by atoms with Gasteiger partial charge < -0.3 is 10.1 Å². The molecule has 3 nitrogen and oxygen atoms in total. The summed E-state index contributed by atoms with van der Waals surface area (Å²) < 4.78 is 29.8. The van der Waals surface area contributed by atoms with Gasteiger partial charge in [0.25, 0.3) is 0 Å². The second-order valence-electron chi connectivity index (χ2n) is 5.22. The molecule has 2 atom stereocenters. The number of hydrogen-bond acceptors (Lipinski definition) is 2. The summed E-state index contributed by atoms with van der Waals surface area (Å²) in [5, 5.41) is 2.53. The molecule has 0 aromatic carbocycles. The molecule has 5 heteroatoms. The van der Waals surface area contributed by atoms with E-state index in [1.807, 2.05) is 0 Å². The molecule has 2 unspecified atom stereocenters. The lowest BCUT2D eigenvalue weighted by Gasteiger charge is -2.36. The number of carbonyl (C=O) groups is 1. The predicted octanol–water partition coefficient (Wildman–Crippen LogP) is 2.80. The summed E-state index contributed by atoms with van der Waals surface area (Å²) in [6.45, 7) is 5.57. The normalized spacial score (nSPS) is 25.1. The molecule has 94 valence electrons. The van der Waals surface area contributed by atoms with Crippen molar-refractivity contribution < 1.29 is 18.3 Å². The molecular formula is C11H19F2NO2. The number of alkyl halides is 2. The number of alkyl carbamates (subject to hydrolysis) is 1. The summed E-state index contributed by atoms with van der Waals surface area (Å²) in [7, 11) is 0. The molecule has 0 aromatic heterocycles. The van der Waals surface area contributed by atoms with Crippen LogP contribution in [0.3, 0.4) is 0 Å². The summed E-state index contributed by atoms with van der Waals surface area (Å²) in [6, 6.07) is 0. The molecule has 1 fully saturated rings. The van der Waals surface area contributed by atoms with Crippen LogP contribution in [0.25, 0.3) is 0 Å². The zero-order chi connectivity index (χ0) is 12.3. The fourth-order valence-electron chi connectivity index (χ4n) is 1.71. The van der Waals surface area contributed by atoms with Gasteiger partial charge in [0, 0.05) is 12.5 Å². The fourth-order valence-corrected chi connectivity index (χ4v) is 1.71. The third-order valence-electron chi connectivity index (χ3n) is 2.71. The van der Waals surface area contributed by atoms with Crippen LogP contribution in [0.4, 0.5) is 13.6 Å². The van der Waals surface area contributed by atoms with E-state index >= 15 is 0 Å². The molecule has 1 N–H and O–H groups in total. The molecule has 1 amide bonds. The first-order chi connectivity index (χ1) is 7.29. The summed E-state index contributed by atoms with van der Waals surface area (Å²) in [4.78, 5) is 11.3. The average Bonchev–Trinajstić information content (AvgIpc) is 1.96. The van der Waals surface area contributed by atoms with E-state index in [0.29, 0.717) is 6.42 Å². The van der Waals surface area contributed by atoms with Gasteiger partial charge in [0.05, 0.1) is 0 Å². The van der Waals surface area contributed by atoms with E-state index in [2.05, 4.69) is 5.32 Å². The maximum absolute atomic E-state index is 12.4. The average molecular weight is 235 g/mol. The minimum absolute atomic E-state index is 0.104. The lowest BCUT2D eigenvalue weighted by molar-refractivity contribution is -0.0130. The van der Waals surface area contributed by atoms with E-state index in [1.165, 1.54) is 0 Å². The highest BCUT2D eigenvalue weighted by Crippen LogP contribution is 2.38. The van der Waals surface area contributed by atoms with E-state index in [1.54, 1.807) is 20.8 Å². The lowest BCUT2D eigenvalue weighted by atomic mass is 9.74. The second-order valence-corrected chi connectivity index (χ2v) is 5.22. The maximum atomic E-state index is 12.4. The third kappa shape index (κ3) is 3.94.